The summed E-state index contributed by atoms with van der Waals surface area (Å²) in [7, 11) is 0. The van der Waals surface area contributed by atoms with E-state index in [1.165, 1.54) is 18.9 Å². The van der Waals surface area contributed by atoms with Gasteiger partial charge in [-0.05, 0) is 24.5 Å². The van der Waals surface area contributed by atoms with Gasteiger partial charge in [0.25, 0.3) is 0 Å². The summed E-state index contributed by atoms with van der Waals surface area (Å²) in [6.45, 7) is 1.47. The zero-order valence-corrected chi connectivity index (χ0v) is 11.6. The molecular formula is C13H16ClFN2S. The average Bonchev–Trinajstić information content (AvgIpc) is 3.13. The summed E-state index contributed by atoms with van der Waals surface area (Å²) in [5.74, 6) is -0.362. The van der Waals surface area contributed by atoms with Gasteiger partial charge in [0, 0.05) is 25.6 Å². The lowest BCUT2D eigenvalue weighted by molar-refractivity contribution is 0.262. The highest BCUT2D eigenvalue weighted by atomic mass is 35.5. The van der Waals surface area contributed by atoms with E-state index in [2.05, 4.69) is 4.90 Å². The molecule has 0 radical (unpaired) electrons. The van der Waals surface area contributed by atoms with Gasteiger partial charge in [0.05, 0.1) is 10.0 Å². The number of hydrogen-bond donors (Lipinski definition) is 1. The van der Waals surface area contributed by atoms with Gasteiger partial charge in [0.1, 0.15) is 5.82 Å². The van der Waals surface area contributed by atoms with Crippen LogP contribution in [0.5, 0.6) is 0 Å². The van der Waals surface area contributed by atoms with Crippen molar-refractivity contribution in [3.05, 3.63) is 34.6 Å². The molecule has 0 saturated heterocycles. The second-order valence-corrected chi connectivity index (χ2v) is 5.53. The molecule has 0 atom stereocenters. The molecule has 0 spiro atoms. The summed E-state index contributed by atoms with van der Waals surface area (Å²) in [6.07, 6.45) is 3.06. The minimum atomic E-state index is -0.362. The normalized spacial score (nSPS) is 15.1. The van der Waals surface area contributed by atoms with Crippen LogP contribution in [0.15, 0.2) is 18.2 Å². The molecule has 98 valence electrons. The van der Waals surface area contributed by atoms with Crippen LogP contribution < -0.4 is 5.73 Å². The van der Waals surface area contributed by atoms with Crippen molar-refractivity contribution in [1.82, 2.24) is 4.90 Å². The molecule has 2 nitrogen and oxygen atoms in total. The van der Waals surface area contributed by atoms with E-state index >= 15 is 0 Å². The van der Waals surface area contributed by atoms with Crippen molar-refractivity contribution in [2.45, 2.75) is 31.8 Å². The average molecular weight is 287 g/mol. The van der Waals surface area contributed by atoms with Crippen LogP contribution in [0, 0.1) is 5.82 Å². The van der Waals surface area contributed by atoms with Gasteiger partial charge in [0.2, 0.25) is 0 Å². The van der Waals surface area contributed by atoms with E-state index in [1.807, 2.05) is 6.07 Å². The topological polar surface area (TPSA) is 29.3 Å². The van der Waals surface area contributed by atoms with Crippen molar-refractivity contribution in [3.8, 4) is 0 Å². The van der Waals surface area contributed by atoms with Gasteiger partial charge in [-0.2, -0.15) is 0 Å². The van der Waals surface area contributed by atoms with Crippen LogP contribution in [0.25, 0.3) is 0 Å². The molecule has 1 aromatic rings. The van der Waals surface area contributed by atoms with E-state index in [0.717, 1.165) is 12.1 Å². The first-order valence-corrected chi connectivity index (χ1v) is 6.82. The van der Waals surface area contributed by atoms with Gasteiger partial charge in [-0.3, -0.25) is 4.90 Å². The highest BCUT2D eigenvalue weighted by Gasteiger charge is 2.29. The molecule has 0 amide bonds. The van der Waals surface area contributed by atoms with E-state index in [9.17, 15) is 4.39 Å². The summed E-state index contributed by atoms with van der Waals surface area (Å²) < 4.78 is 13.4. The third-order valence-electron chi connectivity index (χ3n) is 3.11. The highest BCUT2D eigenvalue weighted by molar-refractivity contribution is 7.80. The molecule has 2 rings (SSSR count). The molecule has 1 fully saturated rings. The first kappa shape index (κ1) is 13.7. The number of hydrogen-bond acceptors (Lipinski definition) is 2. The van der Waals surface area contributed by atoms with Crippen LogP contribution in [-0.2, 0) is 6.54 Å². The maximum absolute atomic E-state index is 13.4. The molecule has 0 aliphatic heterocycles. The quantitative estimate of drug-likeness (QED) is 0.815. The molecule has 0 aromatic heterocycles. The first-order chi connectivity index (χ1) is 8.58. The number of thiocarbonyl (C=S) groups is 1. The predicted octanol–water partition coefficient (Wildman–Crippen LogP) is 3.12. The van der Waals surface area contributed by atoms with Crippen molar-refractivity contribution in [2.75, 3.05) is 6.54 Å². The highest BCUT2D eigenvalue weighted by Crippen LogP contribution is 2.30. The van der Waals surface area contributed by atoms with Crippen molar-refractivity contribution >= 4 is 28.8 Å². The lowest BCUT2D eigenvalue weighted by atomic mass is 10.2. The van der Waals surface area contributed by atoms with Crippen LogP contribution in [0.1, 0.15) is 24.8 Å². The molecule has 0 unspecified atom stereocenters. The molecule has 1 aliphatic carbocycles. The Kier molecular flexibility index (Phi) is 4.54. The third-order valence-corrected chi connectivity index (χ3v) is 3.74. The molecule has 0 heterocycles. The fourth-order valence-electron chi connectivity index (χ4n) is 1.97. The molecule has 1 aromatic carbocycles. The molecule has 1 saturated carbocycles. The monoisotopic (exact) mass is 286 g/mol. The van der Waals surface area contributed by atoms with Crippen molar-refractivity contribution in [3.63, 3.8) is 0 Å². The van der Waals surface area contributed by atoms with Crippen LogP contribution in [-0.4, -0.2) is 22.5 Å². The van der Waals surface area contributed by atoms with Gasteiger partial charge in [-0.15, -0.1) is 0 Å². The van der Waals surface area contributed by atoms with Gasteiger partial charge in [0.15, 0.2) is 0 Å². The van der Waals surface area contributed by atoms with Crippen LogP contribution in [0.4, 0.5) is 4.39 Å². The lowest BCUT2D eigenvalue weighted by Crippen LogP contribution is -2.29. The van der Waals surface area contributed by atoms with Crippen LogP contribution >= 0.6 is 23.8 Å². The second-order valence-electron chi connectivity index (χ2n) is 4.63. The largest absolute Gasteiger partial charge is 0.393 e. The zero-order valence-electron chi connectivity index (χ0n) is 10.0. The van der Waals surface area contributed by atoms with Gasteiger partial charge < -0.3 is 5.73 Å². The number of nitrogens with zero attached hydrogens (tertiary/aromatic N) is 1. The van der Waals surface area contributed by atoms with Crippen LogP contribution in [0.3, 0.4) is 0 Å². The molecule has 1 aliphatic rings. The second kappa shape index (κ2) is 5.95. The number of nitrogens with two attached hydrogens (primary N) is 1. The molecule has 2 N–H and O–H groups in total. The summed E-state index contributed by atoms with van der Waals surface area (Å²) in [4.78, 5) is 2.80. The number of benzene rings is 1. The Morgan fingerprint density at radius 1 is 1.50 bits per heavy atom. The fraction of sp³-hybridized carbons (Fsp3) is 0.462. The van der Waals surface area contributed by atoms with Gasteiger partial charge in [-0.25, -0.2) is 4.39 Å². The molecule has 5 heteroatoms. The summed E-state index contributed by atoms with van der Waals surface area (Å²) >= 11 is 10.9. The number of halogens is 2. The maximum atomic E-state index is 13.4. The third kappa shape index (κ3) is 3.64. The Morgan fingerprint density at radius 3 is 2.83 bits per heavy atom. The number of rotatable bonds is 6. The van der Waals surface area contributed by atoms with E-state index in [0.29, 0.717) is 24.0 Å². The Balaban J connectivity index is 2.04. The minimum Gasteiger partial charge on any atom is -0.393 e. The first-order valence-electron chi connectivity index (χ1n) is 6.03. The van der Waals surface area contributed by atoms with Gasteiger partial charge in [-0.1, -0.05) is 36.0 Å². The lowest BCUT2D eigenvalue weighted by Gasteiger charge is -2.22. The Hall–Kier alpha value is -0.710. The van der Waals surface area contributed by atoms with Crippen LogP contribution in [0.2, 0.25) is 5.02 Å². The van der Waals surface area contributed by atoms with Gasteiger partial charge >= 0.3 is 0 Å². The molecular weight excluding hydrogens is 271 g/mol. The Labute approximate surface area is 117 Å². The van der Waals surface area contributed by atoms with E-state index < -0.39 is 0 Å². The van der Waals surface area contributed by atoms with E-state index in [1.54, 1.807) is 6.07 Å². The molecule has 0 bridgehead atoms. The van der Waals surface area contributed by atoms with Crippen molar-refractivity contribution in [1.29, 1.82) is 0 Å². The predicted molar refractivity (Wildman–Crippen MR) is 76.2 cm³/mol. The zero-order chi connectivity index (χ0) is 13.1. The van der Waals surface area contributed by atoms with E-state index in [-0.39, 0.29) is 10.8 Å². The summed E-state index contributed by atoms with van der Waals surface area (Å²) in [5, 5.41) is 0.221. The van der Waals surface area contributed by atoms with E-state index in [4.69, 9.17) is 29.6 Å². The standard InChI is InChI=1S/C13H16ClFN2S/c14-13-9(2-1-3-11(13)15)8-17(10-4-5-10)7-6-12(16)18/h1-3,10H,4-8H2,(H2,16,18). The SMILES string of the molecule is NC(=S)CCN(Cc1cccc(F)c1Cl)C1CC1. The maximum Gasteiger partial charge on any atom is 0.142 e. The fourth-order valence-corrected chi connectivity index (χ4v) is 2.25. The molecule has 18 heavy (non-hydrogen) atoms. The smallest absolute Gasteiger partial charge is 0.142 e. The minimum absolute atomic E-state index is 0.221. The van der Waals surface area contributed by atoms with Crippen molar-refractivity contribution in [2.24, 2.45) is 5.73 Å². The summed E-state index contributed by atoms with van der Waals surface area (Å²) in [5.41, 5.74) is 6.35. The Bertz CT molecular complexity index is 449. The van der Waals surface area contributed by atoms with Crippen molar-refractivity contribution < 1.29 is 4.39 Å². The summed E-state index contributed by atoms with van der Waals surface area (Å²) in [6, 6.07) is 5.50. The Morgan fingerprint density at radius 2 is 2.22 bits per heavy atom.